The minimum absolute atomic E-state index is 0.0299. The van der Waals surface area contributed by atoms with E-state index in [9.17, 15) is 4.79 Å². The third kappa shape index (κ3) is 3.12. The lowest BCUT2D eigenvalue weighted by atomic mass is 10.1. The molecule has 0 spiro atoms. The first-order valence-electron chi connectivity index (χ1n) is 7.07. The maximum Gasteiger partial charge on any atom is 0.276 e. The largest absolute Gasteiger partial charge is 0.335 e. The van der Waals surface area contributed by atoms with Crippen molar-refractivity contribution in [3.05, 3.63) is 11.9 Å². The third-order valence-electron chi connectivity index (χ3n) is 3.64. The monoisotopic (exact) mass is 265 g/mol. The van der Waals surface area contributed by atoms with Crippen LogP contribution in [0, 0.1) is 0 Å². The van der Waals surface area contributed by atoms with Crippen molar-refractivity contribution in [2.24, 2.45) is 0 Å². The summed E-state index contributed by atoms with van der Waals surface area (Å²) in [6.45, 7) is 8.70. The van der Waals surface area contributed by atoms with Gasteiger partial charge in [-0.3, -0.25) is 4.79 Å². The molecule has 2 rings (SSSR count). The van der Waals surface area contributed by atoms with Gasteiger partial charge in [-0.2, -0.15) is 0 Å². The molecule has 0 aromatic carbocycles. The molecule has 1 aromatic rings. The van der Waals surface area contributed by atoms with Crippen molar-refractivity contribution in [2.45, 2.75) is 45.7 Å². The van der Waals surface area contributed by atoms with E-state index in [4.69, 9.17) is 0 Å². The molecule has 1 fully saturated rings. The zero-order valence-electron chi connectivity index (χ0n) is 12.0. The second-order valence-electron chi connectivity index (χ2n) is 5.25. The normalized spacial score (nSPS) is 16.8. The molecule has 1 aliphatic heterocycles. The Morgan fingerprint density at radius 1 is 1.53 bits per heavy atom. The summed E-state index contributed by atoms with van der Waals surface area (Å²) in [5.41, 5.74) is 0.453. The lowest BCUT2D eigenvalue weighted by Gasteiger charge is -2.24. The molecule has 6 heteroatoms. The molecule has 0 aliphatic carbocycles. The highest BCUT2D eigenvalue weighted by Gasteiger charge is 2.22. The zero-order chi connectivity index (χ0) is 13.8. The number of carbonyl (C=O) groups is 1. The molecule has 1 aromatic heterocycles. The summed E-state index contributed by atoms with van der Waals surface area (Å²) in [5.74, 6) is -0.0299. The summed E-state index contributed by atoms with van der Waals surface area (Å²) in [4.78, 5) is 14.1. The van der Waals surface area contributed by atoms with Crippen LogP contribution in [0.3, 0.4) is 0 Å². The van der Waals surface area contributed by atoms with Gasteiger partial charge in [-0.05, 0) is 46.7 Å². The molecule has 0 radical (unpaired) electrons. The summed E-state index contributed by atoms with van der Waals surface area (Å²) in [6.07, 6.45) is 3.88. The van der Waals surface area contributed by atoms with Gasteiger partial charge in [-0.1, -0.05) is 5.21 Å². The molecular weight excluding hydrogens is 242 g/mol. The fourth-order valence-corrected chi connectivity index (χ4v) is 2.51. The van der Waals surface area contributed by atoms with Crippen LogP contribution in [0.15, 0.2) is 6.20 Å². The van der Waals surface area contributed by atoms with Crippen LogP contribution in [0.5, 0.6) is 0 Å². The Kier molecular flexibility index (Phi) is 4.52. The topological polar surface area (TPSA) is 63.1 Å². The molecule has 106 valence electrons. The summed E-state index contributed by atoms with van der Waals surface area (Å²) in [7, 11) is 0. The van der Waals surface area contributed by atoms with Crippen LogP contribution >= 0.6 is 0 Å². The Balaban J connectivity index is 2.09. The van der Waals surface area contributed by atoms with Crippen molar-refractivity contribution in [3.8, 4) is 0 Å². The van der Waals surface area contributed by atoms with E-state index in [0.29, 0.717) is 18.3 Å². The standard InChI is InChI=1S/C13H23N5O/c1-4-17(10(2)3)13(19)12-9-18(16-15-12)11-5-7-14-8-6-11/h9-11,14H,4-8H2,1-3H3. The van der Waals surface area contributed by atoms with Crippen LogP contribution in [0.25, 0.3) is 0 Å². The van der Waals surface area contributed by atoms with Gasteiger partial charge in [0, 0.05) is 12.6 Å². The minimum atomic E-state index is -0.0299. The van der Waals surface area contributed by atoms with Crippen LogP contribution in [0.1, 0.15) is 50.1 Å². The maximum absolute atomic E-state index is 12.3. The van der Waals surface area contributed by atoms with Gasteiger partial charge in [-0.25, -0.2) is 4.68 Å². The number of nitrogens with one attached hydrogen (secondary N) is 1. The van der Waals surface area contributed by atoms with Gasteiger partial charge < -0.3 is 10.2 Å². The summed E-state index contributed by atoms with van der Waals surface area (Å²) in [6, 6.07) is 0.547. The number of rotatable bonds is 4. The van der Waals surface area contributed by atoms with Crippen molar-refractivity contribution in [1.29, 1.82) is 0 Å². The van der Waals surface area contributed by atoms with E-state index in [0.717, 1.165) is 25.9 Å². The number of aromatic nitrogens is 3. The SMILES string of the molecule is CCN(C(=O)c1cn(C2CCNCC2)nn1)C(C)C. The van der Waals surface area contributed by atoms with Gasteiger partial charge >= 0.3 is 0 Å². The second-order valence-corrected chi connectivity index (χ2v) is 5.25. The Morgan fingerprint density at radius 2 is 2.21 bits per heavy atom. The van der Waals surface area contributed by atoms with Crippen molar-refractivity contribution >= 4 is 5.91 Å². The molecule has 2 heterocycles. The Labute approximate surface area is 114 Å². The number of piperidine rings is 1. The molecule has 1 N–H and O–H groups in total. The van der Waals surface area contributed by atoms with E-state index < -0.39 is 0 Å². The van der Waals surface area contributed by atoms with Crippen LogP contribution < -0.4 is 5.32 Å². The molecule has 0 unspecified atom stereocenters. The Bertz CT molecular complexity index is 422. The second kappa shape index (κ2) is 6.14. The fourth-order valence-electron chi connectivity index (χ4n) is 2.51. The summed E-state index contributed by atoms with van der Waals surface area (Å²) in [5, 5.41) is 11.5. The third-order valence-corrected chi connectivity index (χ3v) is 3.64. The van der Waals surface area contributed by atoms with Gasteiger partial charge in [0.05, 0.1) is 12.2 Å². The van der Waals surface area contributed by atoms with Crippen LogP contribution in [0.4, 0.5) is 0 Å². The first-order chi connectivity index (χ1) is 9.13. The van der Waals surface area contributed by atoms with Crippen molar-refractivity contribution in [3.63, 3.8) is 0 Å². The molecule has 1 aliphatic rings. The van der Waals surface area contributed by atoms with Crippen LogP contribution in [0.2, 0.25) is 0 Å². The summed E-state index contributed by atoms with van der Waals surface area (Å²) >= 11 is 0. The minimum Gasteiger partial charge on any atom is -0.335 e. The first kappa shape index (κ1) is 14.0. The highest BCUT2D eigenvalue weighted by molar-refractivity contribution is 5.92. The van der Waals surface area contributed by atoms with E-state index in [1.807, 2.05) is 25.5 Å². The van der Waals surface area contributed by atoms with E-state index >= 15 is 0 Å². The smallest absolute Gasteiger partial charge is 0.276 e. The molecule has 0 saturated carbocycles. The zero-order valence-corrected chi connectivity index (χ0v) is 12.0. The molecule has 1 saturated heterocycles. The van der Waals surface area contributed by atoms with Gasteiger partial charge in [0.25, 0.3) is 5.91 Å². The van der Waals surface area contributed by atoms with Crippen molar-refractivity contribution < 1.29 is 4.79 Å². The van der Waals surface area contributed by atoms with Gasteiger partial charge in [0.2, 0.25) is 0 Å². The van der Waals surface area contributed by atoms with Gasteiger partial charge in [-0.15, -0.1) is 5.10 Å². The van der Waals surface area contributed by atoms with E-state index in [1.165, 1.54) is 0 Å². The van der Waals surface area contributed by atoms with Gasteiger partial charge in [0.15, 0.2) is 5.69 Å². The van der Waals surface area contributed by atoms with Crippen molar-refractivity contribution in [1.82, 2.24) is 25.2 Å². The number of nitrogens with zero attached hydrogens (tertiary/aromatic N) is 4. The fraction of sp³-hybridized carbons (Fsp3) is 0.769. The van der Waals surface area contributed by atoms with Crippen molar-refractivity contribution in [2.75, 3.05) is 19.6 Å². The van der Waals surface area contributed by atoms with E-state index in [2.05, 4.69) is 15.6 Å². The number of hydrogen-bond acceptors (Lipinski definition) is 4. The predicted molar refractivity (Wildman–Crippen MR) is 73.0 cm³/mol. The quantitative estimate of drug-likeness (QED) is 0.884. The Morgan fingerprint density at radius 3 is 2.79 bits per heavy atom. The number of amides is 1. The lowest BCUT2D eigenvalue weighted by Crippen LogP contribution is -2.36. The molecule has 1 amide bonds. The first-order valence-corrected chi connectivity index (χ1v) is 7.07. The highest BCUT2D eigenvalue weighted by atomic mass is 16.2. The summed E-state index contributed by atoms with van der Waals surface area (Å²) < 4.78 is 1.85. The highest BCUT2D eigenvalue weighted by Crippen LogP contribution is 2.17. The molecule has 0 bridgehead atoms. The van der Waals surface area contributed by atoms with Gasteiger partial charge in [0.1, 0.15) is 0 Å². The van der Waals surface area contributed by atoms with E-state index in [-0.39, 0.29) is 11.9 Å². The van der Waals surface area contributed by atoms with Crippen LogP contribution in [-0.4, -0.2) is 51.5 Å². The van der Waals surface area contributed by atoms with E-state index in [1.54, 1.807) is 11.1 Å². The molecule has 19 heavy (non-hydrogen) atoms. The Hall–Kier alpha value is -1.43. The molecular formula is C13H23N5O. The number of hydrogen-bond donors (Lipinski definition) is 1. The predicted octanol–water partition coefficient (Wildman–Crippen LogP) is 1.07. The average molecular weight is 265 g/mol. The molecule has 0 atom stereocenters. The number of carbonyl (C=O) groups excluding carboxylic acids is 1. The van der Waals surface area contributed by atoms with Crippen LogP contribution in [-0.2, 0) is 0 Å². The lowest BCUT2D eigenvalue weighted by molar-refractivity contribution is 0.0710. The molecule has 6 nitrogen and oxygen atoms in total. The average Bonchev–Trinajstić information content (AvgIpc) is 2.89. The maximum atomic E-state index is 12.3.